The van der Waals surface area contributed by atoms with Gasteiger partial charge in [-0.05, 0) is 18.2 Å². The van der Waals surface area contributed by atoms with E-state index in [1.807, 2.05) is 6.07 Å². The first-order valence-corrected chi connectivity index (χ1v) is 5.30. The maximum atomic E-state index is 8.72. The molecule has 0 aliphatic carbocycles. The Labute approximate surface area is 90.8 Å². The van der Waals surface area contributed by atoms with Gasteiger partial charge in [-0.2, -0.15) is 5.26 Å². The van der Waals surface area contributed by atoms with E-state index in [1.54, 1.807) is 12.1 Å². The summed E-state index contributed by atoms with van der Waals surface area (Å²) in [5, 5.41) is 21.1. The zero-order valence-electron chi connectivity index (χ0n) is 7.90. The molecule has 0 bridgehead atoms. The second kappa shape index (κ2) is 4.26. The molecule has 0 amide bonds. The summed E-state index contributed by atoms with van der Waals surface area (Å²) in [6, 6.07) is 7.49. The standard InChI is InChI=1S/C10H9N3OS/c11-6-7-1-2-9-8(5-7)13-10(15-9)12-3-4-14/h1-2,5,14H,3-4H2,(H,12,13). The Morgan fingerprint density at radius 1 is 1.53 bits per heavy atom. The van der Waals surface area contributed by atoms with Crippen LogP contribution in [0.3, 0.4) is 0 Å². The van der Waals surface area contributed by atoms with Gasteiger partial charge in [-0.3, -0.25) is 0 Å². The van der Waals surface area contributed by atoms with Crippen LogP contribution < -0.4 is 5.32 Å². The van der Waals surface area contributed by atoms with E-state index >= 15 is 0 Å². The number of aliphatic hydroxyl groups excluding tert-OH is 1. The number of anilines is 1. The van der Waals surface area contributed by atoms with E-state index in [0.29, 0.717) is 12.1 Å². The molecule has 76 valence electrons. The van der Waals surface area contributed by atoms with Gasteiger partial charge in [0, 0.05) is 6.54 Å². The molecule has 15 heavy (non-hydrogen) atoms. The van der Waals surface area contributed by atoms with Crippen LogP contribution in [-0.2, 0) is 0 Å². The third kappa shape index (κ3) is 2.06. The SMILES string of the molecule is N#Cc1ccc2sc(NCCO)nc2c1. The smallest absolute Gasteiger partial charge is 0.183 e. The molecule has 1 heterocycles. The largest absolute Gasteiger partial charge is 0.395 e. The van der Waals surface area contributed by atoms with Crippen LogP contribution in [0.5, 0.6) is 0 Å². The first-order chi connectivity index (χ1) is 7.33. The summed E-state index contributed by atoms with van der Waals surface area (Å²) in [6.07, 6.45) is 0. The van der Waals surface area contributed by atoms with Gasteiger partial charge in [0.1, 0.15) is 0 Å². The molecule has 0 aliphatic rings. The number of nitriles is 1. The highest BCUT2D eigenvalue weighted by molar-refractivity contribution is 7.22. The summed E-state index contributed by atoms with van der Waals surface area (Å²) in [4.78, 5) is 4.30. The highest BCUT2D eigenvalue weighted by Gasteiger charge is 2.03. The molecule has 0 saturated heterocycles. The van der Waals surface area contributed by atoms with Crippen molar-refractivity contribution in [3.63, 3.8) is 0 Å². The van der Waals surface area contributed by atoms with Crippen LogP contribution in [0.25, 0.3) is 10.2 Å². The molecule has 4 nitrogen and oxygen atoms in total. The molecule has 0 fully saturated rings. The molecule has 0 atom stereocenters. The minimum atomic E-state index is 0.0827. The molecule has 2 aromatic rings. The molecule has 0 aliphatic heterocycles. The van der Waals surface area contributed by atoms with Crippen molar-refractivity contribution in [3.8, 4) is 6.07 Å². The number of aromatic nitrogens is 1. The summed E-state index contributed by atoms with van der Waals surface area (Å²) in [5.74, 6) is 0. The second-order valence-corrected chi connectivity index (χ2v) is 3.99. The lowest BCUT2D eigenvalue weighted by Gasteiger charge is -1.95. The predicted octanol–water partition coefficient (Wildman–Crippen LogP) is 1.57. The van der Waals surface area contributed by atoms with E-state index in [-0.39, 0.29) is 6.61 Å². The number of thiazole rings is 1. The van der Waals surface area contributed by atoms with Crippen molar-refractivity contribution < 1.29 is 5.11 Å². The molecule has 0 saturated carbocycles. The van der Waals surface area contributed by atoms with Gasteiger partial charge in [-0.15, -0.1) is 0 Å². The third-order valence-corrected chi connectivity index (χ3v) is 2.90. The van der Waals surface area contributed by atoms with Crippen molar-refractivity contribution in [1.82, 2.24) is 4.98 Å². The van der Waals surface area contributed by atoms with Gasteiger partial charge in [-0.1, -0.05) is 11.3 Å². The third-order valence-electron chi connectivity index (χ3n) is 1.90. The van der Waals surface area contributed by atoms with Crippen molar-refractivity contribution in [2.75, 3.05) is 18.5 Å². The highest BCUT2D eigenvalue weighted by atomic mass is 32.1. The number of aliphatic hydroxyl groups is 1. The zero-order valence-corrected chi connectivity index (χ0v) is 8.71. The number of nitrogens with one attached hydrogen (secondary N) is 1. The average Bonchev–Trinajstić information content (AvgIpc) is 2.67. The van der Waals surface area contributed by atoms with Gasteiger partial charge >= 0.3 is 0 Å². The monoisotopic (exact) mass is 219 g/mol. The van der Waals surface area contributed by atoms with Crippen LogP contribution in [0, 0.1) is 11.3 Å². The fourth-order valence-electron chi connectivity index (χ4n) is 1.24. The van der Waals surface area contributed by atoms with E-state index < -0.39 is 0 Å². The summed E-state index contributed by atoms with van der Waals surface area (Å²) in [6.45, 7) is 0.574. The number of nitrogens with zero attached hydrogens (tertiary/aromatic N) is 2. The molecule has 0 radical (unpaired) electrons. The lowest BCUT2D eigenvalue weighted by molar-refractivity contribution is 0.311. The van der Waals surface area contributed by atoms with E-state index in [2.05, 4.69) is 16.4 Å². The predicted molar refractivity (Wildman–Crippen MR) is 59.9 cm³/mol. The summed E-state index contributed by atoms with van der Waals surface area (Å²) in [7, 11) is 0. The van der Waals surface area contributed by atoms with Crippen LogP contribution in [0.15, 0.2) is 18.2 Å². The number of hydrogen-bond donors (Lipinski definition) is 2. The minimum Gasteiger partial charge on any atom is -0.395 e. The molecule has 0 unspecified atom stereocenters. The fourth-order valence-corrected chi connectivity index (χ4v) is 2.11. The van der Waals surface area contributed by atoms with Crippen LogP contribution in [0.1, 0.15) is 5.56 Å². The Hall–Kier alpha value is -1.64. The molecular formula is C10H9N3OS. The van der Waals surface area contributed by atoms with E-state index in [1.165, 1.54) is 11.3 Å². The van der Waals surface area contributed by atoms with Crippen molar-refractivity contribution in [2.45, 2.75) is 0 Å². The van der Waals surface area contributed by atoms with Gasteiger partial charge < -0.3 is 10.4 Å². The van der Waals surface area contributed by atoms with Crippen molar-refractivity contribution in [2.24, 2.45) is 0 Å². The fraction of sp³-hybridized carbons (Fsp3) is 0.200. The van der Waals surface area contributed by atoms with Crippen molar-refractivity contribution in [3.05, 3.63) is 23.8 Å². The maximum absolute atomic E-state index is 8.72. The molecule has 1 aromatic heterocycles. The normalized spacial score (nSPS) is 10.1. The molecule has 0 spiro atoms. The summed E-state index contributed by atoms with van der Waals surface area (Å²) < 4.78 is 1.04. The number of hydrogen-bond acceptors (Lipinski definition) is 5. The molecule has 1 aromatic carbocycles. The van der Waals surface area contributed by atoms with Crippen LogP contribution in [0.4, 0.5) is 5.13 Å². The zero-order chi connectivity index (χ0) is 10.7. The second-order valence-electron chi connectivity index (χ2n) is 2.96. The number of benzene rings is 1. The summed E-state index contributed by atoms with van der Waals surface area (Å²) in [5.41, 5.74) is 1.43. The van der Waals surface area contributed by atoms with Crippen molar-refractivity contribution in [1.29, 1.82) is 5.26 Å². The Morgan fingerprint density at radius 3 is 3.13 bits per heavy atom. The van der Waals surface area contributed by atoms with Crippen LogP contribution in [-0.4, -0.2) is 23.2 Å². The van der Waals surface area contributed by atoms with Gasteiger partial charge in [0.15, 0.2) is 5.13 Å². The van der Waals surface area contributed by atoms with Gasteiger partial charge in [0.05, 0.1) is 28.5 Å². The van der Waals surface area contributed by atoms with Gasteiger partial charge in [0.25, 0.3) is 0 Å². The Kier molecular flexibility index (Phi) is 2.81. The van der Waals surface area contributed by atoms with Gasteiger partial charge in [0.2, 0.25) is 0 Å². The topological polar surface area (TPSA) is 68.9 Å². The summed E-state index contributed by atoms with van der Waals surface area (Å²) >= 11 is 1.51. The quantitative estimate of drug-likeness (QED) is 0.822. The minimum absolute atomic E-state index is 0.0827. The van der Waals surface area contributed by atoms with E-state index in [4.69, 9.17) is 10.4 Å². The van der Waals surface area contributed by atoms with E-state index in [0.717, 1.165) is 15.3 Å². The van der Waals surface area contributed by atoms with E-state index in [9.17, 15) is 0 Å². The lowest BCUT2D eigenvalue weighted by atomic mass is 10.2. The van der Waals surface area contributed by atoms with Crippen LogP contribution in [0.2, 0.25) is 0 Å². The lowest BCUT2D eigenvalue weighted by Crippen LogP contribution is -2.04. The maximum Gasteiger partial charge on any atom is 0.183 e. The van der Waals surface area contributed by atoms with Crippen LogP contribution >= 0.6 is 11.3 Å². The molecule has 5 heteroatoms. The average molecular weight is 219 g/mol. The molecular weight excluding hydrogens is 210 g/mol. The van der Waals surface area contributed by atoms with Crippen molar-refractivity contribution >= 4 is 26.7 Å². The highest BCUT2D eigenvalue weighted by Crippen LogP contribution is 2.26. The Balaban J connectivity index is 2.34. The Morgan fingerprint density at radius 2 is 2.40 bits per heavy atom. The first-order valence-electron chi connectivity index (χ1n) is 4.49. The first kappa shape index (κ1) is 9.90. The van der Waals surface area contributed by atoms with Gasteiger partial charge in [-0.25, -0.2) is 4.98 Å². The number of fused-ring (bicyclic) bond motifs is 1. The number of rotatable bonds is 3. The Bertz CT molecular complexity index is 515. The molecule has 2 N–H and O–H groups in total. The molecule has 2 rings (SSSR count).